The molecule has 13 atom stereocenters. The first kappa shape index (κ1) is 39.4. The van der Waals surface area contributed by atoms with Crippen LogP contribution >= 0.6 is 23.5 Å². The van der Waals surface area contributed by atoms with Crippen molar-refractivity contribution in [1.29, 1.82) is 0 Å². The zero-order valence-corrected chi connectivity index (χ0v) is 33.9. The van der Waals surface area contributed by atoms with Crippen molar-refractivity contribution in [2.45, 2.75) is 135 Å². The summed E-state index contributed by atoms with van der Waals surface area (Å²) in [5.41, 5.74) is -1.03. The normalized spacial score (nSPS) is 40.1. The minimum absolute atomic E-state index is 0.106. The van der Waals surface area contributed by atoms with E-state index >= 15 is 0 Å². The topological polar surface area (TPSA) is 116 Å². The lowest BCUT2D eigenvalue weighted by molar-refractivity contribution is -0.222. The SMILES string of the molecule is CCOP(=O)(OCC)C(OC1C(OC2CC(C)CCC2C(C)C)OC(=O)C12C1C(OC3CC(C)CCC3C(C)C)OC(=O)C12Br)c1ccccc1. The van der Waals surface area contributed by atoms with Gasteiger partial charge in [0.1, 0.15) is 11.5 Å². The summed E-state index contributed by atoms with van der Waals surface area (Å²) in [6.07, 6.45) is 2.10. The van der Waals surface area contributed by atoms with E-state index in [0.29, 0.717) is 29.2 Å². The fraction of sp³-hybridized carbons (Fsp3) is 0.795. The Morgan fingerprint density at radius 3 is 1.82 bits per heavy atom. The third kappa shape index (κ3) is 6.93. The van der Waals surface area contributed by atoms with Crippen LogP contribution in [0.2, 0.25) is 0 Å². The molecule has 51 heavy (non-hydrogen) atoms. The average molecular weight is 798 g/mol. The molecule has 12 heteroatoms. The van der Waals surface area contributed by atoms with Gasteiger partial charge in [0.15, 0.2) is 10.2 Å². The van der Waals surface area contributed by atoms with Gasteiger partial charge in [-0.3, -0.25) is 14.2 Å². The molecular formula is C39H58BrO10P. The van der Waals surface area contributed by atoms with Crippen LogP contribution in [0.1, 0.15) is 105 Å². The maximum atomic E-state index is 14.7. The summed E-state index contributed by atoms with van der Waals surface area (Å²) in [6, 6.07) is 9.08. The van der Waals surface area contributed by atoms with Gasteiger partial charge in [-0.1, -0.05) is 101 Å². The monoisotopic (exact) mass is 796 g/mol. The van der Waals surface area contributed by atoms with E-state index in [0.717, 1.165) is 38.5 Å². The summed E-state index contributed by atoms with van der Waals surface area (Å²) in [5, 5.41) is 0. The number of hydrogen-bond donors (Lipinski definition) is 0. The first-order valence-corrected chi connectivity index (χ1v) is 21.6. The maximum absolute atomic E-state index is 14.7. The molecule has 5 aliphatic rings. The van der Waals surface area contributed by atoms with Crippen molar-refractivity contribution in [3.05, 3.63) is 35.9 Å². The molecule has 1 aromatic rings. The van der Waals surface area contributed by atoms with E-state index in [1.807, 2.05) is 18.2 Å². The molecule has 0 N–H and O–H groups in total. The van der Waals surface area contributed by atoms with Gasteiger partial charge in [0.2, 0.25) is 12.6 Å². The number of fused-ring (bicyclic) bond motifs is 3. The van der Waals surface area contributed by atoms with Crippen LogP contribution in [-0.4, -0.2) is 60.4 Å². The predicted molar refractivity (Wildman–Crippen MR) is 195 cm³/mol. The van der Waals surface area contributed by atoms with Crippen molar-refractivity contribution in [1.82, 2.24) is 0 Å². The van der Waals surface area contributed by atoms with Crippen molar-refractivity contribution < 1.29 is 46.9 Å². The molecule has 2 saturated heterocycles. The lowest BCUT2D eigenvalue weighted by Crippen LogP contribution is -2.46. The molecule has 1 spiro atoms. The maximum Gasteiger partial charge on any atom is 0.363 e. The largest absolute Gasteiger partial charge is 0.434 e. The van der Waals surface area contributed by atoms with Crippen molar-refractivity contribution >= 4 is 35.5 Å². The zero-order chi connectivity index (χ0) is 36.9. The van der Waals surface area contributed by atoms with Crippen LogP contribution in [0.5, 0.6) is 0 Å². The second kappa shape index (κ2) is 15.4. The molecule has 6 rings (SSSR count). The molecule has 3 saturated carbocycles. The Bertz CT molecular complexity index is 1430. The number of cyclic esters (lactones) is 2. The molecule has 13 unspecified atom stereocenters. The van der Waals surface area contributed by atoms with E-state index in [2.05, 4.69) is 57.5 Å². The molecule has 3 aliphatic carbocycles. The van der Waals surface area contributed by atoms with E-state index in [1.165, 1.54) is 0 Å². The molecule has 0 aromatic heterocycles. The highest BCUT2D eigenvalue weighted by Gasteiger charge is 2.97. The lowest BCUT2D eigenvalue weighted by Gasteiger charge is -2.40. The second-order valence-electron chi connectivity index (χ2n) is 16.3. The van der Waals surface area contributed by atoms with Crippen molar-refractivity contribution in [2.24, 2.45) is 46.8 Å². The van der Waals surface area contributed by atoms with Crippen LogP contribution in [0.25, 0.3) is 0 Å². The van der Waals surface area contributed by atoms with Gasteiger partial charge in [-0.25, -0.2) is 0 Å². The first-order valence-electron chi connectivity index (χ1n) is 19.2. The quantitative estimate of drug-likeness (QED) is 0.103. The molecule has 2 aliphatic heterocycles. The fourth-order valence-electron chi connectivity index (χ4n) is 9.59. The molecule has 286 valence electrons. The summed E-state index contributed by atoms with van der Waals surface area (Å²) in [4.78, 5) is 28.5. The Morgan fingerprint density at radius 1 is 0.804 bits per heavy atom. The molecular weight excluding hydrogens is 739 g/mol. The first-order chi connectivity index (χ1) is 24.2. The van der Waals surface area contributed by atoms with Gasteiger partial charge < -0.3 is 32.7 Å². The number of esters is 2. The van der Waals surface area contributed by atoms with Crippen LogP contribution in [-0.2, 0) is 46.9 Å². The molecule has 10 nitrogen and oxygen atoms in total. The number of ether oxygens (including phenoxy) is 5. The Labute approximate surface area is 312 Å². The number of hydrogen-bond acceptors (Lipinski definition) is 10. The van der Waals surface area contributed by atoms with E-state index < -0.39 is 59.7 Å². The Morgan fingerprint density at radius 2 is 1.31 bits per heavy atom. The summed E-state index contributed by atoms with van der Waals surface area (Å²) >= 11 is 3.74. The van der Waals surface area contributed by atoms with Gasteiger partial charge in [0.25, 0.3) is 0 Å². The number of carbonyl (C=O) groups is 2. The van der Waals surface area contributed by atoms with Gasteiger partial charge in [-0.05, 0) is 80.6 Å². The standard InChI is InChI=1S/C39H58BrO10P/c1-9-44-51(43,45-10-2)35(26-14-12-11-13-15-26)48-32-34(47-30-21-25(8)17-19-28(30)23(5)6)50-36(41)38(32)31-33(49-37(42)39(31,38)40)46-29-20-24(7)16-18-27(29)22(3)4/h11-15,22-25,27-35H,9-10,16-21H2,1-8H3. The fourth-order valence-corrected chi connectivity index (χ4v) is 12.7. The molecule has 0 bridgehead atoms. The number of alkyl halides is 1. The lowest BCUT2D eigenvalue weighted by atomic mass is 9.75. The van der Waals surface area contributed by atoms with Crippen LogP contribution < -0.4 is 0 Å². The minimum Gasteiger partial charge on any atom is -0.434 e. The van der Waals surface area contributed by atoms with Gasteiger partial charge in [0, 0.05) is 0 Å². The summed E-state index contributed by atoms with van der Waals surface area (Å²) in [6.45, 7) is 16.9. The smallest absolute Gasteiger partial charge is 0.363 e. The Balaban J connectivity index is 1.42. The number of benzene rings is 1. The third-order valence-corrected chi connectivity index (χ3v) is 16.0. The summed E-state index contributed by atoms with van der Waals surface area (Å²) in [5.74, 6) is -1.13. The second-order valence-corrected chi connectivity index (χ2v) is 19.6. The van der Waals surface area contributed by atoms with Gasteiger partial charge in [0.05, 0.1) is 31.3 Å². The molecule has 5 fully saturated rings. The van der Waals surface area contributed by atoms with Gasteiger partial charge in [-0.2, -0.15) is 0 Å². The van der Waals surface area contributed by atoms with Crippen LogP contribution in [0, 0.1) is 46.8 Å². The van der Waals surface area contributed by atoms with Crippen molar-refractivity contribution in [2.75, 3.05) is 13.2 Å². The van der Waals surface area contributed by atoms with E-state index in [4.69, 9.17) is 32.7 Å². The Hall–Kier alpha value is -1.33. The van der Waals surface area contributed by atoms with Gasteiger partial charge >= 0.3 is 19.5 Å². The van der Waals surface area contributed by atoms with Crippen molar-refractivity contribution in [3.63, 3.8) is 0 Å². The summed E-state index contributed by atoms with van der Waals surface area (Å²) in [7, 11) is -4.00. The number of carbonyl (C=O) groups excluding carboxylic acids is 2. The zero-order valence-electron chi connectivity index (χ0n) is 31.5. The van der Waals surface area contributed by atoms with Crippen molar-refractivity contribution in [3.8, 4) is 0 Å². The highest BCUT2D eigenvalue weighted by Crippen LogP contribution is 2.79. The van der Waals surface area contributed by atoms with E-state index in [-0.39, 0.29) is 37.3 Å². The van der Waals surface area contributed by atoms with Crippen LogP contribution in [0.4, 0.5) is 0 Å². The highest BCUT2D eigenvalue weighted by atomic mass is 79.9. The Kier molecular flexibility index (Phi) is 11.9. The number of rotatable bonds is 14. The average Bonchev–Trinajstić information content (AvgIpc) is 3.42. The van der Waals surface area contributed by atoms with Crippen LogP contribution in [0.15, 0.2) is 30.3 Å². The van der Waals surface area contributed by atoms with Gasteiger partial charge in [-0.15, -0.1) is 0 Å². The summed E-state index contributed by atoms with van der Waals surface area (Å²) < 4.78 is 57.7. The highest BCUT2D eigenvalue weighted by molar-refractivity contribution is 9.10. The molecule has 2 heterocycles. The molecule has 0 amide bonds. The third-order valence-electron chi connectivity index (χ3n) is 12.3. The predicted octanol–water partition coefficient (Wildman–Crippen LogP) is 8.81. The molecule has 1 aromatic carbocycles. The van der Waals surface area contributed by atoms with E-state index in [1.54, 1.807) is 26.0 Å². The van der Waals surface area contributed by atoms with E-state index in [9.17, 15) is 14.2 Å². The molecule has 0 radical (unpaired) electrons. The minimum atomic E-state index is -4.00. The van der Waals surface area contributed by atoms with Crippen LogP contribution in [0.3, 0.4) is 0 Å². The number of halogens is 1.